The summed E-state index contributed by atoms with van der Waals surface area (Å²) in [5.74, 6) is 0.598. The van der Waals surface area contributed by atoms with Gasteiger partial charge >= 0.3 is 0 Å². The summed E-state index contributed by atoms with van der Waals surface area (Å²) < 4.78 is 0. The maximum Gasteiger partial charge on any atom is 0.191 e. The number of guanidine groups is 1. The van der Waals surface area contributed by atoms with E-state index < -0.39 is 11.2 Å². The molecule has 0 saturated heterocycles. The highest BCUT2D eigenvalue weighted by Gasteiger charge is 2.34. The number of hydrogen-bond acceptors (Lipinski definition) is 4. The van der Waals surface area contributed by atoms with E-state index in [1.165, 1.54) is 0 Å². The summed E-state index contributed by atoms with van der Waals surface area (Å²) in [7, 11) is 1.68. The summed E-state index contributed by atoms with van der Waals surface area (Å²) >= 11 is 1.56. The lowest BCUT2D eigenvalue weighted by atomic mass is 9.80. The Morgan fingerprint density at radius 1 is 1.48 bits per heavy atom. The van der Waals surface area contributed by atoms with Crippen LogP contribution >= 0.6 is 35.3 Å². The molecule has 1 aromatic heterocycles. The number of hydrogen-bond donors (Lipinski definition) is 4. The van der Waals surface area contributed by atoms with Crippen molar-refractivity contribution in [2.45, 2.75) is 37.4 Å². The first-order chi connectivity index (χ1) is 9.45. The lowest BCUT2D eigenvalue weighted by Gasteiger charge is -2.37. The van der Waals surface area contributed by atoms with E-state index in [1.807, 2.05) is 16.8 Å². The molecule has 1 aliphatic carbocycles. The van der Waals surface area contributed by atoms with E-state index in [2.05, 4.69) is 15.6 Å². The molecule has 7 heteroatoms. The van der Waals surface area contributed by atoms with Gasteiger partial charge in [0.25, 0.3) is 0 Å². The first kappa shape index (κ1) is 18.7. The molecule has 1 atom stereocenters. The van der Waals surface area contributed by atoms with Crippen molar-refractivity contribution in [2.24, 2.45) is 4.99 Å². The molecule has 0 amide bonds. The fraction of sp³-hybridized carbons (Fsp3) is 0.643. The second-order valence-electron chi connectivity index (χ2n) is 5.64. The zero-order valence-corrected chi connectivity index (χ0v) is 15.6. The van der Waals surface area contributed by atoms with E-state index in [1.54, 1.807) is 25.3 Å². The lowest BCUT2D eigenvalue weighted by molar-refractivity contribution is -0.0279. The Morgan fingerprint density at radius 2 is 2.19 bits per heavy atom. The quantitative estimate of drug-likeness (QED) is 0.329. The summed E-state index contributed by atoms with van der Waals surface area (Å²) in [6, 6.07) is 1.92. The molecular formula is C14H24IN3O2S. The number of thiophene rings is 1. The molecule has 1 aromatic rings. The Hall–Kier alpha value is -0.380. The Kier molecular flexibility index (Phi) is 6.89. The van der Waals surface area contributed by atoms with Gasteiger partial charge < -0.3 is 20.8 Å². The van der Waals surface area contributed by atoms with Crippen molar-refractivity contribution in [3.05, 3.63) is 22.4 Å². The van der Waals surface area contributed by atoms with Crippen molar-refractivity contribution in [1.82, 2.24) is 10.6 Å². The van der Waals surface area contributed by atoms with Gasteiger partial charge in [-0.25, -0.2) is 0 Å². The number of rotatable bonds is 5. The van der Waals surface area contributed by atoms with Crippen molar-refractivity contribution < 1.29 is 10.2 Å². The van der Waals surface area contributed by atoms with Crippen LogP contribution in [0.25, 0.3) is 0 Å². The zero-order valence-electron chi connectivity index (χ0n) is 12.4. The molecule has 4 N–H and O–H groups in total. The lowest BCUT2D eigenvalue weighted by Crippen LogP contribution is -2.52. The Morgan fingerprint density at radius 3 is 2.67 bits per heavy atom. The van der Waals surface area contributed by atoms with Crippen LogP contribution in [0.1, 0.15) is 31.7 Å². The standard InChI is InChI=1S/C14H23N3O2S.HI/c1-13(18,11-4-7-20-8-11)9-16-12(15-2)17-10-14(19)5-3-6-14;/h4,7-8,18-19H,3,5-6,9-10H2,1-2H3,(H2,15,16,17);1H. The average molecular weight is 425 g/mol. The van der Waals surface area contributed by atoms with E-state index in [4.69, 9.17) is 0 Å². The number of nitrogens with zero attached hydrogens (tertiary/aromatic N) is 1. The predicted molar refractivity (Wildman–Crippen MR) is 97.5 cm³/mol. The maximum absolute atomic E-state index is 10.4. The third kappa shape index (κ3) is 5.08. The van der Waals surface area contributed by atoms with Gasteiger partial charge in [0.05, 0.1) is 12.1 Å². The Balaban J connectivity index is 0.00000220. The SMILES string of the molecule is CN=C(NCC1(O)CCC1)NCC(C)(O)c1ccsc1.I. The molecule has 1 heterocycles. The number of halogens is 1. The summed E-state index contributed by atoms with van der Waals surface area (Å²) in [5.41, 5.74) is -0.638. The van der Waals surface area contributed by atoms with Crippen LogP contribution in [0, 0.1) is 0 Å². The molecule has 21 heavy (non-hydrogen) atoms. The summed E-state index contributed by atoms with van der Waals surface area (Å²) in [6.45, 7) is 2.63. The molecule has 1 saturated carbocycles. The van der Waals surface area contributed by atoms with Crippen LogP contribution in [0.15, 0.2) is 21.8 Å². The molecule has 1 aliphatic rings. The van der Waals surface area contributed by atoms with Crippen LogP contribution in [-0.2, 0) is 5.60 Å². The summed E-state index contributed by atoms with van der Waals surface area (Å²) in [6.07, 6.45) is 2.75. The Labute approximate surface area is 146 Å². The molecule has 0 bridgehead atoms. The van der Waals surface area contributed by atoms with Crippen LogP contribution in [0.5, 0.6) is 0 Å². The molecule has 120 valence electrons. The zero-order chi connectivity index (χ0) is 14.6. The third-order valence-corrected chi connectivity index (χ3v) is 4.52. The molecule has 0 spiro atoms. The van der Waals surface area contributed by atoms with Crippen LogP contribution in [-0.4, -0.2) is 41.9 Å². The number of nitrogens with one attached hydrogen (secondary N) is 2. The van der Waals surface area contributed by atoms with Gasteiger partial charge in [0.15, 0.2) is 5.96 Å². The highest BCUT2D eigenvalue weighted by molar-refractivity contribution is 14.0. The van der Waals surface area contributed by atoms with Crippen LogP contribution in [0.3, 0.4) is 0 Å². The average Bonchev–Trinajstić information content (AvgIpc) is 2.91. The largest absolute Gasteiger partial charge is 0.388 e. The molecule has 2 rings (SSSR count). The van der Waals surface area contributed by atoms with Crippen molar-refractivity contribution in [3.63, 3.8) is 0 Å². The minimum Gasteiger partial charge on any atom is -0.388 e. The second-order valence-corrected chi connectivity index (χ2v) is 6.42. The number of aliphatic imine (C=N–C) groups is 1. The smallest absolute Gasteiger partial charge is 0.191 e. The van der Waals surface area contributed by atoms with E-state index in [0.29, 0.717) is 19.0 Å². The highest BCUT2D eigenvalue weighted by atomic mass is 127. The van der Waals surface area contributed by atoms with E-state index >= 15 is 0 Å². The summed E-state index contributed by atoms with van der Waals surface area (Å²) in [5, 5.41) is 30.6. The summed E-state index contributed by atoms with van der Waals surface area (Å²) in [4.78, 5) is 4.11. The van der Waals surface area contributed by atoms with Gasteiger partial charge in [-0.05, 0) is 48.6 Å². The van der Waals surface area contributed by atoms with E-state index in [0.717, 1.165) is 24.8 Å². The second kappa shape index (κ2) is 7.75. The van der Waals surface area contributed by atoms with E-state index in [9.17, 15) is 10.2 Å². The van der Waals surface area contributed by atoms with Gasteiger partial charge in [-0.2, -0.15) is 11.3 Å². The number of aliphatic hydroxyl groups is 2. The minimum absolute atomic E-state index is 0. The fourth-order valence-electron chi connectivity index (χ4n) is 2.16. The predicted octanol–water partition coefficient (Wildman–Crippen LogP) is 1.65. The molecule has 0 radical (unpaired) electrons. The van der Waals surface area contributed by atoms with Gasteiger partial charge in [-0.3, -0.25) is 4.99 Å². The maximum atomic E-state index is 10.4. The van der Waals surface area contributed by atoms with Gasteiger partial charge in [0.1, 0.15) is 5.60 Å². The third-order valence-electron chi connectivity index (χ3n) is 3.84. The molecule has 0 aliphatic heterocycles. The van der Waals surface area contributed by atoms with Crippen molar-refractivity contribution in [2.75, 3.05) is 20.1 Å². The van der Waals surface area contributed by atoms with Gasteiger partial charge in [0, 0.05) is 13.6 Å². The van der Waals surface area contributed by atoms with Crippen molar-refractivity contribution in [3.8, 4) is 0 Å². The van der Waals surface area contributed by atoms with Crippen LogP contribution < -0.4 is 10.6 Å². The topological polar surface area (TPSA) is 76.9 Å². The van der Waals surface area contributed by atoms with Gasteiger partial charge in [-0.1, -0.05) is 0 Å². The van der Waals surface area contributed by atoms with Crippen LogP contribution in [0.2, 0.25) is 0 Å². The Bertz CT molecular complexity index is 459. The highest BCUT2D eigenvalue weighted by Crippen LogP contribution is 2.30. The monoisotopic (exact) mass is 425 g/mol. The molecule has 0 aromatic carbocycles. The van der Waals surface area contributed by atoms with Crippen LogP contribution in [0.4, 0.5) is 0 Å². The first-order valence-corrected chi connectivity index (χ1v) is 7.81. The minimum atomic E-state index is -0.939. The molecule has 1 unspecified atom stereocenters. The van der Waals surface area contributed by atoms with Crippen molar-refractivity contribution >= 4 is 41.3 Å². The molecule has 1 fully saturated rings. The normalized spacial score (nSPS) is 19.9. The molecule has 5 nitrogen and oxygen atoms in total. The van der Waals surface area contributed by atoms with Gasteiger partial charge in [0.2, 0.25) is 0 Å². The van der Waals surface area contributed by atoms with E-state index in [-0.39, 0.29) is 24.0 Å². The molecular weight excluding hydrogens is 401 g/mol. The van der Waals surface area contributed by atoms with Gasteiger partial charge in [-0.15, -0.1) is 24.0 Å². The fourth-order valence-corrected chi connectivity index (χ4v) is 2.94. The first-order valence-electron chi connectivity index (χ1n) is 6.87. The van der Waals surface area contributed by atoms with Crippen molar-refractivity contribution in [1.29, 1.82) is 0 Å².